The molecule has 0 fully saturated rings. The van der Waals surface area contributed by atoms with Crippen molar-refractivity contribution < 1.29 is 0 Å². The third kappa shape index (κ3) is 4.98. The minimum atomic E-state index is 1.09. The van der Waals surface area contributed by atoms with Gasteiger partial charge in [0.25, 0.3) is 0 Å². The Morgan fingerprint density at radius 2 is 0.882 bits per heavy atom. The Hall–Kier alpha value is -4.42. The first-order valence-corrected chi connectivity index (χ1v) is 11.5. The van der Waals surface area contributed by atoms with Crippen molar-refractivity contribution in [3.05, 3.63) is 179 Å². The van der Waals surface area contributed by atoms with Gasteiger partial charge in [-0.3, -0.25) is 0 Å². The molecule has 0 aromatic heterocycles. The van der Waals surface area contributed by atoms with Gasteiger partial charge in [-0.25, -0.2) is 0 Å². The molecule has 0 N–H and O–H groups in total. The highest BCUT2D eigenvalue weighted by molar-refractivity contribution is 6.00. The predicted octanol–water partition coefficient (Wildman–Crippen LogP) is 8.66. The quantitative estimate of drug-likeness (QED) is 0.235. The topological polar surface area (TPSA) is 0 Å². The lowest BCUT2D eigenvalue weighted by Gasteiger charge is -2.17. The molecule has 34 heavy (non-hydrogen) atoms. The summed E-state index contributed by atoms with van der Waals surface area (Å²) in [7, 11) is 0. The summed E-state index contributed by atoms with van der Waals surface area (Å²) in [5.41, 5.74) is 9.25. The first kappa shape index (κ1) is 21.4. The van der Waals surface area contributed by atoms with Gasteiger partial charge in [-0.2, -0.15) is 0 Å². The lowest BCUT2D eigenvalue weighted by atomic mass is 9.86. The lowest BCUT2D eigenvalue weighted by Crippen LogP contribution is -1.97. The van der Waals surface area contributed by atoms with Crippen molar-refractivity contribution in [3.63, 3.8) is 0 Å². The molecule has 0 aliphatic rings. The zero-order valence-corrected chi connectivity index (χ0v) is 18.9. The summed E-state index contributed by atoms with van der Waals surface area (Å²) in [5.74, 6) is 0. The number of hydrogen-bond acceptors (Lipinski definition) is 0. The molecule has 0 unspecified atom stereocenters. The van der Waals surface area contributed by atoms with Gasteiger partial charge in [-0.05, 0) is 62.7 Å². The van der Waals surface area contributed by atoms with Crippen molar-refractivity contribution in [1.82, 2.24) is 0 Å². The Morgan fingerprint density at radius 3 is 1.41 bits per heavy atom. The van der Waals surface area contributed by atoms with E-state index in [0.29, 0.717) is 0 Å². The molecular formula is C34H25. The summed E-state index contributed by atoms with van der Waals surface area (Å²) in [6.45, 7) is 0. The smallest absolute Gasteiger partial charge is 0.00201 e. The minimum absolute atomic E-state index is 1.09. The highest BCUT2D eigenvalue weighted by Gasteiger charge is 2.15. The van der Waals surface area contributed by atoms with Crippen molar-refractivity contribution in [3.8, 4) is 0 Å². The van der Waals surface area contributed by atoms with Crippen LogP contribution in [-0.2, 0) is 0 Å². The van der Waals surface area contributed by atoms with E-state index in [1.54, 1.807) is 0 Å². The lowest BCUT2D eigenvalue weighted by molar-refractivity contribution is 1.48. The normalized spacial score (nSPS) is 11.9. The maximum atomic E-state index is 3.58. The number of benzene rings is 5. The van der Waals surface area contributed by atoms with E-state index in [-0.39, 0.29) is 0 Å². The first-order chi connectivity index (χ1) is 16.9. The molecule has 1 radical (unpaired) electrons. The molecule has 0 saturated heterocycles. The molecule has 161 valence electrons. The molecule has 0 atom stereocenters. The van der Waals surface area contributed by atoms with Crippen LogP contribution in [0.25, 0.3) is 23.3 Å². The van der Waals surface area contributed by atoms with E-state index >= 15 is 0 Å². The van der Waals surface area contributed by atoms with Gasteiger partial charge < -0.3 is 0 Å². The summed E-state index contributed by atoms with van der Waals surface area (Å²) < 4.78 is 0. The zero-order chi connectivity index (χ0) is 23.0. The molecule has 0 saturated carbocycles. The average molecular weight is 434 g/mol. The minimum Gasteiger partial charge on any atom is -0.0622 e. The fourth-order valence-corrected chi connectivity index (χ4v) is 4.17. The van der Waals surface area contributed by atoms with Gasteiger partial charge >= 0.3 is 0 Å². The van der Waals surface area contributed by atoms with Crippen LogP contribution < -0.4 is 0 Å². The molecule has 5 aromatic rings. The van der Waals surface area contributed by atoms with Crippen molar-refractivity contribution in [2.45, 2.75) is 0 Å². The maximum absolute atomic E-state index is 3.58. The van der Waals surface area contributed by atoms with Crippen molar-refractivity contribution in [2.75, 3.05) is 0 Å². The van der Waals surface area contributed by atoms with Crippen molar-refractivity contribution >= 4 is 23.3 Å². The molecule has 0 aliphatic heterocycles. The van der Waals surface area contributed by atoms with Crippen LogP contribution >= 0.6 is 0 Å². The summed E-state index contributed by atoms with van der Waals surface area (Å²) in [5, 5.41) is 0. The highest BCUT2D eigenvalue weighted by atomic mass is 14.2. The Balaban J connectivity index is 1.75. The SMILES string of the molecule is [c]1cccc(C(=Cc2ccccc2)c2ccccc2)c1C(=Cc1ccccc1)c1ccccc1. The van der Waals surface area contributed by atoms with E-state index < -0.39 is 0 Å². The monoisotopic (exact) mass is 433 g/mol. The van der Waals surface area contributed by atoms with Crippen LogP contribution in [-0.4, -0.2) is 0 Å². The fraction of sp³-hybridized carbons (Fsp3) is 0. The molecule has 5 aromatic carbocycles. The van der Waals surface area contributed by atoms with Crippen molar-refractivity contribution in [2.24, 2.45) is 0 Å². The zero-order valence-electron chi connectivity index (χ0n) is 18.9. The molecule has 0 bridgehead atoms. The predicted molar refractivity (Wildman–Crippen MR) is 145 cm³/mol. The van der Waals surface area contributed by atoms with Crippen LogP contribution in [0.3, 0.4) is 0 Å². The second kappa shape index (κ2) is 10.5. The second-order valence-electron chi connectivity index (χ2n) is 8.13. The van der Waals surface area contributed by atoms with Gasteiger partial charge in [0.15, 0.2) is 0 Å². The molecule has 0 heteroatoms. The molecule has 0 heterocycles. The van der Waals surface area contributed by atoms with Crippen LogP contribution in [0.2, 0.25) is 0 Å². The van der Waals surface area contributed by atoms with E-state index in [0.717, 1.165) is 22.3 Å². The van der Waals surface area contributed by atoms with E-state index in [4.69, 9.17) is 0 Å². The van der Waals surface area contributed by atoms with Crippen LogP contribution in [0.4, 0.5) is 0 Å². The van der Waals surface area contributed by atoms with Gasteiger partial charge in [0, 0.05) is 0 Å². The maximum Gasteiger partial charge on any atom is -0.00201 e. The Kier molecular flexibility index (Phi) is 6.59. The molecule has 0 spiro atoms. The molecule has 0 amide bonds. The number of rotatable bonds is 6. The van der Waals surface area contributed by atoms with E-state index in [1.807, 2.05) is 6.07 Å². The van der Waals surface area contributed by atoms with E-state index in [1.165, 1.54) is 22.3 Å². The van der Waals surface area contributed by atoms with Crippen LogP contribution in [0, 0.1) is 6.07 Å². The van der Waals surface area contributed by atoms with Crippen LogP contribution in [0.1, 0.15) is 33.4 Å². The van der Waals surface area contributed by atoms with E-state index in [2.05, 4.69) is 152 Å². The fourth-order valence-electron chi connectivity index (χ4n) is 4.17. The summed E-state index contributed by atoms with van der Waals surface area (Å²) >= 11 is 0. The summed E-state index contributed by atoms with van der Waals surface area (Å²) in [4.78, 5) is 0. The van der Waals surface area contributed by atoms with Crippen LogP contribution in [0.5, 0.6) is 0 Å². The van der Waals surface area contributed by atoms with Gasteiger partial charge in [0.1, 0.15) is 0 Å². The molecule has 5 rings (SSSR count). The molecule has 0 nitrogen and oxygen atoms in total. The van der Waals surface area contributed by atoms with Gasteiger partial charge in [0.05, 0.1) is 0 Å². The van der Waals surface area contributed by atoms with Crippen LogP contribution in [0.15, 0.2) is 140 Å². The third-order valence-corrected chi connectivity index (χ3v) is 5.81. The number of hydrogen-bond donors (Lipinski definition) is 0. The largest absolute Gasteiger partial charge is 0.0622 e. The average Bonchev–Trinajstić information content (AvgIpc) is 2.93. The highest BCUT2D eigenvalue weighted by Crippen LogP contribution is 2.35. The van der Waals surface area contributed by atoms with Crippen molar-refractivity contribution in [1.29, 1.82) is 0 Å². The second-order valence-corrected chi connectivity index (χ2v) is 8.13. The molecular weight excluding hydrogens is 408 g/mol. The molecule has 0 aliphatic carbocycles. The van der Waals surface area contributed by atoms with Gasteiger partial charge in [-0.15, -0.1) is 0 Å². The van der Waals surface area contributed by atoms with Gasteiger partial charge in [0.2, 0.25) is 0 Å². The summed E-state index contributed by atoms with van der Waals surface area (Å²) in [6.07, 6.45) is 4.53. The third-order valence-electron chi connectivity index (χ3n) is 5.81. The van der Waals surface area contributed by atoms with E-state index in [9.17, 15) is 0 Å². The Morgan fingerprint density at radius 1 is 0.441 bits per heavy atom. The Bertz CT molecular complexity index is 1280. The summed E-state index contributed by atoms with van der Waals surface area (Å²) in [6, 6.07) is 52.1. The Labute approximate surface area is 202 Å². The van der Waals surface area contributed by atoms with Gasteiger partial charge in [-0.1, -0.05) is 140 Å². The standard InChI is InChI=1S/C34H25/c1-5-15-27(16-6-1)25-33(29-19-9-3-10-20-29)31-23-13-14-24-32(31)34(30-21-11-4-12-22-30)26-28-17-7-2-8-18-28/h1-23,25-26H. The first-order valence-electron chi connectivity index (χ1n) is 11.5.